The Hall–Kier alpha value is -3.39. The molecule has 0 saturated heterocycles. The summed E-state index contributed by atoms with van der Waals surface area (Å²) in [6.45, 7) is 1.97. The molecule has 13 N–H and O–H groups in total. The van der Waals surface area contributed by atoms with Gasteiger partial charge in [-0.2, -0.15) is 25.3 Å². The maximum atomic E-state index is 10.7. The summed E-state index contributed by atoms with van der Waals surface area (Å²) >= 11 is 0. The second kappa shape index (κ2) is 14.3. The third-order valence-corrected chi connectivity index (χ3v) is 7.66. The summed E-state index contributed by atoms with van der Waals surface area (Å²) in [5.74, 6) is 0.0808. The van der Waals surface area contributed by atoms with Crippen molar-refractivity contribution in [2.75, 3.05) is 29.6 Å². The Morgan fingerprint density at radius 2 is 1.45 bits per heavy atom. The minimum absolute atomic E-state index is 0.0548. The van der Waals surface area contributed by atoms with Crippen LogP contribution in [-0.4, -0.2) is 57.3 Å². The zero-order chi connectivity index (χ0) is 30.9. The van der Waals surface area contributed by atoms with Gasteiger partial charge in [-0.1, -0.05) is 6.08 Å². The van der Waals surface area contributed by atoms with Crippen molar-refractivity contribution in [3.63, 3.8) is 0 Å². The normalized spacial score (nSPS) is 15.4. The maximum Gasteiger partial charge on any atom is 0.294 e. The molecular weight excluding hydrogens is 590 g/mol. The maximum absolute atomic E-state index is 10.7. The van der Waals surface area contributed by atoms with Crippen molar-refractivity contribution in [2.24, 2.45) is 11.5 Å². The summed E-state index contributed by atoms with van der Waals surface area (Å²) in [6.07, 6.45) is 3.22. The molecule has 0 aliphatic heterocycles. The number of benzene rings is 2. The monoisotopic (exact) mass is 623 g/mol. The third kappa shape index (κ3) is 12.6. The molecule has 40 heavy (non-hydrogen) atoms. The predicted molar refractivity (Wildman–Crippen MR) is 152 cm³/mol. The molecule has 224 valence electrons. The van der Waals surface area contributed by atoms with Gasteiger partial charge in [0.25, 0.3) is 30.4 Å². The van der Waals surface area contributed by atoms with Crippen molar-refractivity contribution in [1.29, 1.82) is 0 Å². The predicted octanol–water partition coefficient (Wildman–Crippen LogP) is 0.663. The standard InChI is InChI=1S/C10H16N2O4S.C6H10N2O3S.C6H7NO3S/c1-7-5-9(12)10(6-8(7)11)16-3-2-4-17(13,14)15;7-4-1-2-5(8)6(3-4)12(9,10)11;7-5-1-3-6(4-2-5)11(8,9)10/h5-6H,2-4,11-12H2,1H3,(H,13,14,15);1-2,4H,3,7-8H2,(H,9,10,11);1-4H,7H2,(H,8,9,10). The first-order chi connectivity index (χ1) is 18.2. The van der Waals surface area contributed by atoms with E-state index >= 15 is 0 Å². The van der Waals surface area contributed by atoms with Crippen LogP contribution in [0.1, 0.15) is 18.4 Å². The molecule has 0 fully saturated rings. The molecule has 0 heterocycles. The highest BCUT2D eigenvalue weighted by atomic mass is 32.2. The van der Waals surface area contributed by atoms with Crippen LogP contribution < -0.4 is 33.4 Å². The Morgan fingerprint density at radius 1 is 0.875 bits per heavy atom. The van der Waals surface area contributed by atoms with Crippen LogP contribution in [0.25, 0.3) is 0 Å². The molecular formula is C22H33N5O10S3. The Labute approximate surface area is 232 Å². The van der Waals surface area contributed by atoms with Crippen molar-refractivity contribution in [2.45, 2.75) is 30.7 Å². The van der Waals surface area contributed by atoms with Gasteiger partial charge in [0.15, 0.2) is 0 Å². The van der Waals surface area contributed by atoms with Gasteiger partial charge < -0.3 is 33.4 Å². The summed E-state index contributed by atoms with van der Waals surface area (Å²) in [6, 6.07) is 8.18. The van der Waals surface area contributed by atoms with Crippen LogP contribution in [0.15, 0.2) is 64.0 Å². The average molecular weight is 624 g/mol. The number of anilines is 3. The highest BCUT2D eigenvalue weighted by molar-refractivity contribution is 7.89. The minimum Gasteiger partial charge on any atom is -0.491 e. The second-order valence-corrected chi connectivity index (χ2v) is 12.8. The molecule has 1 unspecified atom stereocenters. The number of nitrogen functional groups attached to an aromatic ring is 3. The van der Waals surface area contributed by atoms with Crippen LogP contribution in [0.3, 0.4) is 0 Å². The molecule has 0 spiro atoms. The van der Waals surface area contributed by atoms with E-state index in [1.165, 1.54) is 30.3 Å². The number of ether oxygens (including phenoxy) is 1. The number of rotatable bonds is 7. The number of allylic oxidation sites excluding steroid dienone is 1. The molecule has 0 amide bonds. The SMILES string of the molecule is Cc1cc(N)c(OCCCS(=O)(=O)O)cc1N.NC1=C(S(=O)(=O)O)CC(N)C=C1.Nc1ccc(S(=O)(=O)O)cc1. The van der Waals surface area contributed by atoms with Gasteiger partial charge in [-0.05, 0) is 55.3 Å². The quantitative estimate of drug-likeness (QED) is 0.119. The van der Waals surface area contributed by atoms with Crippen LogP contribution in [-0.2, 0) is 30.4 Å². The van der Waals surface area contributed by atoms with E-state index in [1.807, 2.05) is 6.92 Å². The van der Waals surface area contributed by atoms with Gasteiger partial charge in [-0.15, -0.1) is 0 Å². The highest BCUT2D eigenvalue weighted by Crippen LogP contribution is 2.27. The molecule has 15 nitrogen and oxygen atoms in total. The lowest BCUT2D eigenvalue weighted by atomic mass is 10.1. The van der Waals surface area contributed by atoms with E-state index in [4.69, 9.17) is 47.1 Å². The Bertz CT molecular complexity index is 1550. The van der Waals surface area contributed by atoms with Gasteiger partial charge in [-0.3, -0.25) is 13.7 Å². The Balaban J connectivity index is 0.000000309. The number of aryl methyl sites for hydroxylation is 1. The molecule has 0 bridgehead atoms. The number of nitrogens with two attached hydrogens (primary N) is 5. The topological polar surface area (TPSA) is 302 Å². The van der Waals surface area contributed by atoms with E-state index < -0.39 is 36.4 Å². The van der Waals surface area contributed by atoms with Crippen molar-refractivity contribution < 1.29 is 43.6 Å². The van der Waals surface area contributed by atoms with Crippen LogP contribution in [0, 0.1) is 6.92 Å². The molecule has 3 rings (SSSR count). The Kier molecular flexibility index (Phi) is 12.4. The van der Waals surface area contributed by atoms with E-state index in [1.54, 1.807) is 18.2 Å². The van der Waals surface area contributed by atoms with E-state index in [2.05, 4.69) is 0 Å². The fraction of sp³-hybridized carbons (Fsp3) is 0.273. The zero-order valence-corrected chi connectivity index (χ0v) is 23.8. The van der Waals surface area contributed by atoms with Gasteiger partial charge in [0.2, 0.25) is 0 Å². The van der Waals surface area contributed by atoms with Gasteiger partial charge in [0, 0.05) is 35.6 Å². The van der Waals surface area contributed by atoms with Gasteiger partial charge >= 0.3 is 0 Å². The fourth-order valence-corrected chi connectivity index (χ4v) is 4.62. The summed E-state index contributed by atoms with van der Waals surface area (Å²) in [4.78, 5) is -0.343. The first kappa shape index (κ1) is 34.6. The number of hydrogen-bond donors (Lipinski definition) is 8. The molecule has 0 aromatic heterocycles. The van der Waals surface area contributed by atoms with Crippen LogP contribution in [0.5, 0.6) is 5.75 Å². The van der Waals surface area contributed by atoms with Crippen molar-refractivity contribution in [3.8, 4) is 5.75 Å². The van der Waals surface area contributed by atoms with Gasteiger partial charge in [0.1, 0.15) is 5.75 Å². The Morgan fingerprint density at radius 3 is 1.93 bits per heavy atom. The van der Waals surface area contributed by atoms with Crippen molar-refractivity contribution in [1.82, 2.24) is 0 Å². The van der Waals surface area contributed by atoms with E-state index in [-0.39, 0.29) is 40.7 Å². The van der Waals surface area contributed by atoms with Crippen molar-refractivity contribution >= 4 is 47.4 Å². The lowest BCUT2D eigenvalue weighted by molar-refractivity contribution is 0.318. The smallest absolute Gasteiger partial charge is 0.294 e. The lowest BCUT2D eigenvalue weighted by Crippen LogP contribution is -2.25. The summed E-state index contributed by atoms with van der Waals surface area (Å²) in [5, 5.41) is 0. The first-order valence-corrected chi connectivity index (χ1v) is 15.7. The zero-order valence-electron chi connectivity index (χ0n) is 21.3. The fourth-order valence-electron chi connectivity index (χ4n) is 2.89. The van der Waals surface area contributed by atoms with Crippen LogP contribution >= 0.6 is 0 Å². The summed E-state index contributed by atoms with van der Waals surface area (Å²) in [7, 11) is -12.2. The molecule has 0 radical (unpaired) electrons. The summed E-state index contributed by atoms with van der Waals surface area (Å²) < 4.78 is 94.2. The van der Waals surface area contributed by atoms with Crippen LogP contribution in [0.2, 0.25) is 0 Å². The number of hydrogen-bond acceptors (Lipinski definition) is 12. The molecule has 1 atom stereocenters. The van der Waals surface area contributed by atoms with E-state index in [0.717, 1.165) is 5.56 Å². The second-order valence-electron chi connectivity index (χ2n) is 8.36. The molecule has 1 aliphatic rings. The molecule has 18 heteroatoms. The lowest BCUT2D eigenvalue weighted by Gasteiger charge is -2.14. The highest BCUT2D eigenvalue weighted by Gasteiger charge is 2.21. The summed E-state index contributed by atoms with van der Waals surface area (Å²) in [5.41, 5.74) is 29.8. The largest absolute Gasteiger partial charge is 0.491 e. The molecule has 1 aliphatic carbocycles. The van der Waals surface area contributed by atoms with E-state index in [0.29, 0.717) is 22.8 Å². The first-order valence-electron chi connectivity index (χ1n) is 11.2. The van der Waals surface area contributed by atoms with Gasteiger partial charge in [0.05, 0.1) is 27.8 Å². The average Bonchev–Trinajstić information content (AvgIpc) is 2.81. The van der Waals surface area contributed by atoms with Crippen molar-refractivity contribution in [3.05, 3.63) is 64.7 Å². The minimum atomic E-state index is -4.18. The van der Waals surface area contributed by atoms with Crippen LogP contribution in [0.4, 0.5) is 17.1 Å². The van der Waals surface area contributed by atoms with E-state index in [9.17, 15) is 25.3 Å². The molecule has 0 saturated carbocycles. The van der Waals surface area contributed by atoms with Gasteiger partial charge in [-0.25, -0.2) is 0 Å². The third-order valence-electron chi connectivity index (χ3n) is 4.96. The molecule has 2 aromatic rings. The molecule has 2 aromatic carbocycles.